The van der Waals surface area contributed by atoms with E-state index in [0.717, 1.165) is 11.3 Å². The summed E-state index contributed by atoms with van der Waals surface area (Å²) in [5, 5.41) is 4.08. The standard InChI is InChI=1S/C13H17N3O2S/c1-11-5-6-15-16(11)7-8-19(17,18)13-4-2-3-12(9-13)10-14/h2-6,9H,7-8,10,14H2,1H3. The van der Waals surface area contributed by atoms with Gasteiger partial charge in [0.2, 0.25) is 0 Å². The van der Waals surface area contributed by atoms with Gasteiger partial charge in [-0.1, -0.05) is 12.1 Å². The number of rotatable bonds is 5. The van der Waals surface area contributed by atoms with Crippen molar-refractivity contribution in [1.29, 1.82) is 0 Å². The first-order valence-corrected chi connectivity index (χ1v) is 7.68. The van der Waals surface area contributed by atoms with Crippen molar-refractivity contribution in [2.45, 2.75) is 24.9 Å². The highest BCUT2D eigenvalue weighted by molar-refractivity contribution is 7.91. The maximum absolute atomic E-state index is 12.2. The Kier molecular flexibility index (Phi) is 4.01. The second kappa shape index (κ2) is 5.54. The minimum absolute atomic E-state index is 0.0313. The predicted molar refractivity (Wildman–Crippen MR) is 73.4 cm³/mol. The Balaban J connectivity index is 2.16. The summed E-state index contributed by atoms with van der Waals surface area (Å²) in [7, 11) is -3.30. The molecule has 2 N–H and O–H groups in total. The van der Waals surface area contributed by atoms with Gasteiger partial charge in [0.15, 0.2) is 9.84 Å². The van der Waals surface area contributed by atoms with Gasteiger partial charge >= 0.3 is 0 Å². The molecule has 1 aromatic carbocycles. The van der Waals surface area contributed by atoms with Gasteiger partial charge in [-0.05, 0) is 30.7 Å². The normalized spacial score (nSPS) is 11.7. The summed E-state index contributed by atoms with van der Waals surface area (Å²) in [6.45, 7) is 2.59. The molecule has 0 amide bonds. The fourth-order valence-electron chi connectivity index (χ4n) is 1.82. The maximum atomic E-state index is 12.2. The first-order valence-electron chi connectivity index (χ1n) is 6.03. The van der Waals surface area contributed by atoms with Gasteiger partial charge in [0, 0.05) is 18.4 Å². The van der Waals surface area contributed by atoms with Crippen LogP contribution < -0.4 is 5.73 Å². The van der Waals surface area contributed by atoms with Crippen LogP contribution in [0, 0.1) is 6.92 Å². The average Bonchev–Trinajstić information content (AvgIpc) is 2.82. The van der Waals surface area contributed by atoms with Crippen LogP contribution in [0.1, 0.15) is 11.3 Å². The van der Waals surface area contributed by atoms with Crippen molar-refractivity contribution in [3.63, 3.8) is 0 Å². The topological polar surface area (TPSA) is 78.0 Å². The van der Waals surface area contributed by atoms with Crippen molar-refractivity contribution in [2.24, 2.45) is 5.73 Å². The minimum atomic E-state index is -3.30. The number of aryl methyl sites for hydroxylation is 2. The van der Waals surface area contributed by atoms with Crippen molar-refractivity contribution in [2.75, 3.05) is 5.75 Å². The molecule has 0 aliphatic heterocycles. The second-order valence-corrected chi connectivity index (χ2v) is 6.48. The molecule has 1 heterocycles. The Hall–Kier alpha value is -1.66. The predicted octanol–water partition coefficient (Wildman–Crippen LogP) is 1.12. The molecule has 0 atom stereocenters. The number of nitrogens with zero attached hydrogens (tertiary/aromatic N) is 2. The van der Waals surface area contributed by atoms with Crippen molar-refractivity contribution in [3.8, 4) is 0 Å². The number of sulfone groups is 1. The van der Waals surface area contributed by atoms with Gasteiger partial charge in [-0.25, -0.2) is 8.42 Å². The molecule has 0 saturated heterocycles. The number of hydrogen-bond acceptors (Lipinski definition) is 4. The Bertz CT molecular complexity index is 662. The fraction of sp³-hybridized carbons (Fsp3) is 0.308. The Morgan fingerprint density at radius 2 is 2.11 bits per heavy atom. The molecular formula is C13H17N3O2S. The lowest BCUT2D eigenvalue weighted by Gasteiger charge is -2.07. The van der Waals surface area contributed by atoms with E-state index < -0.39 is 9.84 Å². The summed E-state index contributed by atoms with van der Waals surface area (Å²) >= 11 is 0. The van der Waals surface area contributed by atoms with Crippen LogP contribution >= 0.6 is 0 Å². The van der Waals surface area contributed by atoms with Gasteiger partial charge in [0.05, 0.1) is 17.2 Å². The monoisotopic (exact) mass is 279 g/mol. The molecule has 0 bridgehead atoms. The summed E-state index contributed by atoms with van der Waals surface area (Å²) in [5.41, 5.74) is 7.29. The van der Waals surface area contributed by atoms with E-state index in [9.17, 15) is 8.42 Å². The van der Waals surface area contributed by atoms with Crippen LogP contribution in [0.3, 0.4) is 0 Å². The van der Waals surface area contributed by atoms with E-state index >= 15 is 0 Å². The van der Waals surface area contributed by atoms with Crippen LogP contribution in [0.15, 0.2) is 41.4 Å². The number of benzene rings is 1. The SMILES string of the molecule is Cc1ccnn1CCS(=O)(=O)c1cccc(CN)c1. The lowest BCUT2D eigenvalue weighted by Crippen LogP contribution is -2.15. The summed E-state index contributed by atoms with van der Waals surface area (Å²) in [5.74, 6) is 0.0313. The smallest absolute Gasteiger partial charge is 0.180 e. The molecule has 0 aliphatic rings. The van der Waals surface area contributed by atoms with Crippen molar-refractivity contribution < 1.29 is 8.42 Å². The highest BCUT2D eigenvalue weighted by atomic mass is 32.2. The summed E-state index contributed by atoms with van der Waals surface area (Å²) in [4.78, 5) is 0.320. The van der Waals surface area contributed by atoms with Gasteiger partial charge in [-0.3, -0.25) is 4.68 Å². The molecule has 19 heavy (non-hydrogen) atoms. The van der Waals surface area contributed by atoms with Crippen LogP contribution in [0.2, 0.25) is 0 Å². The molecule has 0 radical (unpaired) electrons. The molecule has 0 unspecified atom stereocenters. The minimum Gasteiger partial charge on any atom is -0.326 e. The van der Waals surface area contributed by atoms with E-state index in [4.69, 9.17) is 5.73 Å². The average molecular weight is 279 g/mol. The third kappa shape index (κ3) is 3.21. The third-order valence-electron chi connectivity index (χ3n) is 2.99. The molecule has 0 fully saturated rings. The molecule has 0 saturated carbocycles. The zero-order chi connectivity index (χ0) is 13.9. The first-order chi connectivity index (χ1) is 9.03. The van der Waals surface area contributed by atoms with Gasteiger partial charge in [-0.15, -0.1) is 0 Å². The maximum Gasteiger partial charge on any atom is 0.180 e. The van der Waals surface area contributed by atoms with E-state index in [0.29, 0.717) is 18.0 Å². The Morgan fingerprint density at radius 3 is 2.74 bits per heavy atom. The summed E-state index contributed by atoms with van der Waals surface area (Å²) in [6.07, 6.45) is 1.66. The zero-order valence-electron chi connectivity index (χ0n) is 10.8. The van der Waals surface area contributed by atoms with E-state index in [-0.39, 0.29) is 5.75 Å². The number of aromatic nitrogens is 2. The van der Waals surface area contributed by atoms with Crippen LogP contribution in [-0.2, 0) is 22.9 Å². The second-order valence-electron chi connectivity index (χ2n) is 4.37. The molecule has 102 valence electrons. The largest absolute Gasteiger partial charge is 0.326 e. The summed E-state index contributed by atoms with van der Waals surface area (Å²) in [6, 6.07) is 8.61. The van der Waals surface area contributed by atoms with E-state index in [1.165, 1.54) is 0 Å². The summed E-state index contributed by atoms with van der Waals surface area (Å²) < 4.78 is 26.1. The van der Waals surface area contributed by atoms with Gasteiger partial charge in [0.25, 0.3) is 0 Å². The van der Waals surface area contributed by atoms with Crippen LogP contribution in [0.5, 0.6) is 0 Å². The quantitative estimate of drug-likeness (QED) is 0.889. The van der Waals surface area contributed by atoms with E-state index in [2.05, 4.69) is 5.10 Å². The third-order valence-corrected chi connectivity index (χ3v) is 4.69. The Labute approximate surface area is 113 Å². The molecule has 0 aliphatic carbocycles. The first kappa shape index (κ1) is 13.8. The zero-order valence-corrected chi connectivity index (χ0v) is 11.6. The fourth-order valence-corrected chi connectivity index (χ4v) is 3.09. The lowest BCUT2D eigenvalue weighted by molar-refractivity contribution is 0.577. The van der Waals surface area contributed by atoms with E-state index in [1.807, 2.05) is 19.1 Å². The molecular weight excluding hydrogens is 262 g/mol. The molecule has 6 heteroatoms. The van der Waals surface area contributed by atoms with Crippen molar-refractivity contribution >= 4 is 9.84 Å². The highest BCUT2D eigenvalue weighted by Gasteiger charge is 2.15. The van der Waals surface area contributed by atoms with Crippen molar-refractivity contribution in [3.05, 3.63) is 47.8 Å². The Morgan fingerprint density at radius 1 is 1.32 bits per heavy atom. The van der Waals surface area contributed by atoms with Gasteiger partial charge in [-0.2, -0.15) is 5.10 Å². The van der Waals surface area contributed by atoms with Crippen LogP contribution in [0.4, 0.5) is 0 Å². The number of nitrogens with two attached hydrogens (primary N) is 1. The van der Waals surface area contributed by atoms with Crippen LogP contribution in [-0.4, -0.2) is 24.0 Å². The van der Waals surface area contributed by atoms with Gasteiger partial charge < -0.3 is 5.73 Å². The van der Waals surface area contributed by atoms with Crippen molar-refractivity contribution in [1.82, 2.24) is 9.78 Å². The number of hydrogen-bond donors (Lipinski definition) is 1. The lowest BCUT2D eigenvalue weighted by atomic mass is 10.2. The highest BCUT2D eigenvalue weighted by Crippen LogP contribution is 2.13. The van der Waals surface area contributed by atoms with E-state index in [1.54, 1.807) is 29.1 Å². The molecule has 0 spiro atoms. The molecule has 2 aromatic rings. The van der Waals surface area contributed by atoms with Crippen LogP contribution in [0.25, 0.3) is 0 Å². The molecule has 1 aromatic heterocycles. The van der Waals surface area contributed by atoms with Gasteiger partial charge in [0.1, 0.15) is 0 Å². The molecule has 5 nitrogen and oxygen atoms in total. The molecule has 2 rings (SSSR count).